The molecule has 28 heavy (non-hydrogen) atoms. The average Bonchev–Trinajstić information content (AvgIpc) is 3.01. The maximum Gasteiger partial charge on any atom is 0.308 e. The van der Waals surface area contributed by atoms with Crippen molar-refractivity contribution in [3.63, 3.8) is 0 Å². The number of aromatic amines is 1. The number of benzene rings is 1. The molecule has 1 aliphatic heterocycles. The van der Waals surface area contributed by atoms with Crippen molar-refractivity contribution < 1.29 is 23.9 Å². The summed E-state index contributed by atoms with van der Waals surface area (Å²) in [7, 11) is 0. The van der Waals surface area contributed by atoms with Crippen LogP contribution >= 0.6 is 0 Å². The Bertz CT molecular complexity index is 910. The molecule has 0 bridgehead atoms. The molecular formula is C20H24FN3O4. The first kappa shape index (κ1) is 19.9. The molecular weight excluding hydrogens is 365 g/mol. The van der Waals surface area contributed by atoms with Gasteiger partial charge in [0.25, 0.3) is 0 Å². The number of halogens is 1. The van der Waals surface area contributed by atoms with Crippen molar-refractivity contribution in [1.82, 2.24) is 15.2 Å². The molecule has 3 unspecified atom stereocenters. The molecule has 7 nitrogen and oxygen atoms in total. The predicted octanol–water partition coefficient (Wildman–Crippen LogP) is 1.92. The van der Waals surface area contributed by atoms with Gasteiger partial charge in [-0.15, -0.1) is 0 Å². The Morgan fingerprint density at radius 2 is 2.11 bits per heavy atom. The highest BCUT2D eigenvalue weighted by molar-refractivity contribution is 5.89. The fourth-order valence-electron chi connectivity index (χ4n) is 3.92. The summed E-state index contributed by atoms with van der Waals surface area (Å²) < 4.78 is 13.4. The highest BCUT2D eigenvalue weighted by Gasteiger charge is 2.35. The number of nitrogens with zero attached hydrogens (tertiary/aromatic N) is 1. The van der Waals surface area contributed by atoms with Crippen molar-refractivity contribution in [2.24, 2.45) is 11.8 Å². The van der Waals surface area contributed by atoms with Crippen molar-refractivity contribution in [2.45, 2.75) is 32.7 Å². The van der Waals surface area contributed by atoms with Crippen LogP contribution in [0.3, 0.4) is 0 Å². The maximum atomic E-state index is 13.4. The van der Waals surface area contributed by atoms with E-state index in [1.807, 2.05) is 6.92 Å². The van der Waals surface area contributed by atoms with Crippen LogP contribution in [0.5, 0.6) is 0 Å². The SMILES string of the molecule is CC(=O)NC(Cc1c[nH]c2cc(F)ccc12)C(=O)N1CC(C)CC(C(=O)O)C1. The molecule has 1 aliphatic rings. The Balaban J connectivity index is 1.83. The van der Waals surface area contributed by atoms with E-state index >= 15 is 0 Å². The van der Waals surface area contributed by atoms with Crippen molar-refractivity contribution >= 4 is 28.7 Å². The summed E-state index contributed by atoms with van der Waals surface area (Å²) in [6, 6.07) is 3.53. The van der Waals surface area contributed by atoms with Gasteiger partial charge >= 0.3 is 5.97 Å². The Morgan fingerprint density at radius 3 is 2.79 bits per heavy atom. The molecule has 3 N–H and O–H groups in total. The number of likely N-dealkylation sites (tertiary alicyclic amines) is 1. The van der Waals surface area contributed by atoms with Crippen LogP contribution in [-0.2, 0) is 20.8 Å². The first-order chi connectivity index (χ1) is 13.2. The summed E-state index contributed by atoms with van der Waals surface area (Å²) in [4.78, 5) is 40.7. The molecule has 1 fully saturated rings. The minimum absolute atomic E-state index is 0.0628. The van der Waals surface area contributed by atoms with Gasteiger partial charge in [0.2, 0.25) is 11.8 Å². The molecule has 3 rings (SSSR count). The number of carbonyl (C=O) groups is 3. The van der Waals surface area contributed by atoms with E-state index in [0.29, 0.717) is 18.5 Å². The van der Waals surface area contributed by atoms with Crippen LogP contribution in [0.2, 0.25) is 0 Å². The topological polar surface area (TPSA) is 103 Å². The third-order valence-electron chi connectivity index (χ3n) is 5.15. The molecule has 1 aromatic heterocycles. The number of rotatable bonds is 5. The summed E-state index contributed by atoms with van der Waals surface area (Å²) in [6.07, 6.45) is 2.45. The summed E-state index contributed by atoms with van der Waals surface area (Å²) in [5.41, 5.74) is 1.39. The van der Waals surface area contributed by atoms with Gasteiger partial charge in [0.15, 0.2) is 0 Å². The van der Waals surface area contributed by atoms with E-state index in [-0.39, 0.29) is 36.5 Å². The fourth-order valence-corrected chi connectivity index (χ4v) is 3.92. The third kappa shape index (κ3) is 4.32. The predicted molar refractivity (Wildman–Crippen MR) is 101 cm³/mol. The summed E-state index contributed by atoms with van der Waals surface area (Å²) in [6.45, 7) is 3.84. The molecule has 0 saturated carbocycles. The number of aliphatic carboxylic acids is 1. The average molecular weight is 389 g/mol. The van der Waals surface area contributed by atoms with Gasteiger partial charge in [0.05, 0.1) is 5.92 Å². The van der Waals surface area contributed by atoms with E-state index in [4.69, 9.17) is 0 Å². The molecule has 2 heterocycles. The highest BCUT2D eigenvalue weighted by atomic mass is 19.1. The lowest BCUT2D eigenvalue weighted by Crippen LogP contribution is -2.54. The number of carboxylic acids is 1. The van der Waals surface area contributed by atoms with Crippen LogP contribution in [0, 0.1) is 17.7 Å². The summed E-state index contributed by atoms with van der Waals surface area (Å²) in [5, 5.41) is 12.8. The summed E-state index contributed by atoms with van der Waals surface area (Å²) >= 11 is 0. The second kappa shape index (κ2) is 8.00. The molecule has 150 valence electrons. The first-order valence-electron chi connectivity index (χ1n) is 9.28. The maximum absolute atomic E-state index is 13.4. The summed E-state index contributed by atoms with van der Waals surface area (Å²) in [5.74, 6) is -2.47. The lowest BCUT2D eigenvalue weighted by molar-refractivity contribution is -0.148. The van der Waals surface area contributed by atoms with Crippen molar-refractivity contribution in [2.75, 3.05) is 13.1 Å². The monoisotopic (exact) mass is 389 g/mol. The smallest absolute Gasteiger partial charge is 0.308 e. The molecule has 0 aliphatic carbocycles. The quantitative estimate of drug-likeness (QED) is 0.727. The zero-order valence-electron chi connectivity index (χ0n) is 15.9. The van der Waals surface area contributed by atoms with Crippen molar-refractivity contribution in [3.05, 3.63) is 35.8 Å². The van der Waals surface area contributed by atoms with Crippen molar-refractivity contribution in [1.29, 1.82) is 0 Å². The van der Waals surface area contributed by atoms with E-state index in [1.165, 1.54) is 24.0 Å². The number of nitrogens with one attached hydrogen (secondary N) is 2. The molecule has 8 heteroatoms. The van der Waals surface area contributed by atoms with Gasteiger partial charge in [0.1, 0.15) is 11.9 Å². The standard InChI is InChI=1S/C20H24FN3O4/c1-11-5-14(20(27)28)10-24(9-11)19(26)18(23-12(2)25)6-13-8-22-17-7-15(21)3-4-16(13)17/h3-4,7-8,11,14,18,22H,5-6,9-10H2,1-2H3,(H,23,25)(H,27,28). The lowest BCUT2D eigenvalue weighted by atomic mass is 9.90. The van der Waals surface area contributed by atoms with Crippen LogP contribution in [-0.4, -0.2) is 51.9 Å². The molecule has 0 spiro atoms. The number of fused-ring (bicyclic) bond motifs is 1. The minimum atomic E-state index is -0.918. The third-order valence-corrected chi connectivity index (χ3v) is 5.15. The number of H-pyrrole nitrogens is 1. The largest absolute Gasteiger partial charge is 0.481 e. The number of aromatic nitrogens is 1. The highest BCUT2D eigenvalue weighted by Crippen LogP contribution is 2.24. The van der Waals surface area contributed by atoms with E-state index in [9.17, 15) is 23.9 Å². The van der Waals surface area contributed by atoms with E-state index in [1.54, 1.807) is 12.3 Å². The van der Waals surface area contributed by atoms with Crippen LogP contribution in [0.1, 0.15) is 25.8 Å². The van der Waals surface area contributed by atoms with E-state index in [2.05, 4.69) is 10.3 Å². The number of piperidine rings is 1. The Kier molecular flexibility index (Phi) is 5.67. The number of carboxylic acid groups (broad SMARTS) is 1. The number of amides is 2. The molecule has 0 radical (unpaired) electrons. The van der Waals surface area contributed by atoms with Gasteiger partial charge in [-0.2, -0.15) is 0 Å². The molecule has 1 aromatic carbocycles. The van der Waals surface area contributed by atoms with Crippen LogP contribution < -0.4 is 5.32 Å². The molecule has 1 saturated heterocycles. The van der Waals surface area contributed by atoms with E-state index in [0.717, 1.165) is 10.9 Å². The lowest BCUT2D eigenvalue weighted by Gasteiger charge is -2.36. The van der Waals surface area contributed by atoms with Gasteiger partial charge in [-0.05, 0) is 36.1 Å². The fraction of sp³-hybridized carbons (Fsp3) is 0.450. The van der Waals surface area contributed by atoms with Crippen molar-refractivity contribution in [3.8, 4) is 0 Å². The first-order valence-corrected chi connectivity index (χ1v) is 9.28. The van der Waals surface area contributed by atoms with Gasteiger partial charge in [-0.3, -0.25) is 14.4 Å². The van der Waals surface area contributed by atoms with Crippen LogP contribution in [0.4, 0.5) is 4.39 Å². The number of hydrogen-bond acceptors (Lipinski definition) is 3. The second-order valence-corrected chi connectivity index (χ2v) is 7.58. The van der Waals surface area contributed by atoms with Gasteiger partial charge < -0.3 is 20.3 Å². The van der Waals surface area contributed by atoms with Gasteiger partial charge in [-0.25, -0.2) is 4.39 Å². The Labute approximate surface area is 161 Å². The van der Waals surface area contributed by atoms with Crippen LogP contribution in [0.25, 0.3) is 10.9 Å². The zero-order chi connectivity index (χ0) is 20.4. The second-order valence-electron chi connectivity index (χ2n) is 7.58. The Morgan fingerprint density at radius 1 is 1.36 bits per heavy atom. The number of carbonyl (C=O) groups excluding carboxylic acids is 2. The molecule has 2 amide bonds. The zero-order valence-corrected chi connectivity index (χ0v) is 15.9. The van der Waals surface area contributed by atoms with Gasteiger partial charge in [0, 0.05) is 43.5 Å². The minimum Gasteiger partial charge on any atom is -0.481 e. The van der Waals surface area contributed by atoms with Crippen LogP contribution in [0.15, 0.2) is 24.4 Å². The number of hydrogen-bond donors (Lipinski definition) is 3. The Hall–Kier alpha value is -2.90. The normalized spacial score (nSPS) is 20.8. The molecule has 3 atom stereocenters. The van der Waals surface area contributed by atoms with E-state index < -0.39 is 17.9 Å². The van der Waals surface area contributed by atoms with Gasteiger partial charge in [-0.1, -0.05) is 6.92 Å². The molecule has 2 aromatic rings.